The minimum atomic E-state index is -2.65. The summed E-state index contributed by atoms with van der Waals surface area (Å²) in [6, 6.07) is -0.747. The predicted molar refractivity (Wildman–Crippen MR) is 40.0 cm³/mol. The summed E-state index contributed by atoms with van der Waals surface area (Å²) in [6.45, 7) is 0. The van der Waals surface area contributed by atoms with Crippen LogP contribution in [0.1, 0.15) is 19.3 Å². The molecule has 1 rings (SSSR count). The summed E-state index contributed by atoms with van der Waals surface area (Å²) in [5.41, 5.74) is 5.22. The van der Waals surface area contributed by atoms with Crippen LogP contribution in [0.5, 0.6) is 0 Å². The summed E-state index contributed by atoms with van der Waals surface area (Å²) in [7, 11) is 0. The van der Waals surface area contributed by atoms with Crippen molar-refractivity contribution in [2.45, 2.75) is 37.3 Å². The third-order valence-electron chi connectivity index (χ3n) is 1.83. The van der Waals surface area contributed by atoms with E-state index in [2.05, 4.69) is 0 Å². The quantitative estimate of drug-likeness (QED) is 0.593. The Balaban J connectivity index is 0.000001000. The van der Waals surface area contributed by atoms with Crippen LogP contribution in [-0.4, -0.2) is 23.2 Å². The molecule has 11 heavy (non-hydrogen) atoms. The smallest absolute Gasteiger partial charge is 0.249 e. The van der Waals surface area contributed by atoms with E-state index in [0.29, 0.717) is 0 Å². The lowest BCUT2D eigenvalue weighted by Gasteiger charge is -2.30. The summed E-state index contributed by atoms with van der Waals surface area (Å²) in [5, 5.41) is 8.95. The first kappa shape index (κ1) is 11.1. The number of nitrogens with two attached hydrogens (primary N) is 1. The molecule has 2 nitrogen and oxygen atoms in total. The third kappa shape index (κ3) is 2.89. The van der Waals surface area contributed by atoms with Crippen LogP contribution in [0.3, 0.4) is 0 Å². The standard InChI is InChI=1S/C6H11F2NO.ClH/c7-6(8)2-1-5(10)4(9)3-6;/h4-5,10H,1-3,9H2;1H/t4-,5-;/m0./s1. The van der Waals surface area contributed by atoms with Gasteiger partial charge in [0.2, 0.25) is 5.92 Å². The summed E-state index contributed by atoms with van der Waals surface area (Å²) in [4.78, 5) is 0. The zero-order valence-electron chi connectivity index (χ0n) is 5.96. The van der Waals surface area contributed by atoms with Crippen molar-refractivity contribution in [2.24, 2.45) is 5.73 Å². The lowest BCUT2D eigenvalue weighted by molar-refractivity contribution is -0.0720. The maximum atomic E-state index is 12.4. The van der Waals surface area contributed by atoms with E-state index < -0.39 is 18.1 Å². The van der Waals surface area contributed by atoms with Gasteiger partial charge in [-0.3, -0.25) is 0 Å². The molecule has 1 aliphatic rings. The highest BCUT2D eigenvalue weighted by molar-refractivity contribution is 5.85. The number of halogens is 3. The predicted octanol–water partition coefficient (Wildman–Crippen LogP) is 0.916. The Morgan fingerprint density at radius 2 is 2.00 bits per heavy atom. The van der Waals surface area contributed by atoms with Crippen molar-refractivity contribution in [3.63, 3.8) is 0 Å². The van der Waals surface area contributed by atoms with Crippen LogP contribution in [0.15, 0.2) is 0 Å². The van der Waals surface area contributed by atoms with E-state index in [9.17, 15) is 8.78 Å². The van der Waals surface area contributed by atoms with E-state index in [1.54, 1.807) is 0 Å². The van der Waals surface area contributed by atoms with Gasteiger partial charge in [0.05, 0.1) is 6.10 Å². The van der Waals surface area contributed by atoms with Gasteiger partial charge < -0.3 is 10.8 Å². The Hall–Kier alpha value is 0.0700. The highest BCUT2D eigenvalue weighted by Gasteiger charge is 2.38. The largest absolute Gasteiger partial charge is 0.392 e. The monoisotopic (exact) mass is 187 g/mol. The molecule has 0 bridgehead atoms. The molecule has 0 unspecified atom stereocenters. The fourth-order valence-corrected chi connectivity index (χ4v) is 1.16. The van der Waals surface area contributed by atoms with Gasteiger partial charge in [0.25, 0.3) is 0 Å². The Labute approximate surface area is 70.2 Å². The molecule has 0 aromatic heterocycles. The number of aliphatic hydroxyl groups excluding tert-OH is 1. The van der Waals surface area contributed by atoms with Crippen molar-refractivity contribution in [1.29, 1.82) is 0 Å². The van der Waals surface area contributed by atoms with Crippen LogP contribution in [0.25, 0.3) is 0 Å². The molecule has 3 N–H and O–H groups in total. The van der Waals surface area contributed by atoms with Gasteiger partial charge in [-0.25, -0.2) is 8.78 Å². The molecular weight excluding hydrogens is 176 g/mol. The molecule has 5 heteroatoms. The highest BCUT2D eigenvalue weighted by atomic mass is 35.5. The topological polar surface area (TPSA) is 46.2 Å². The van der Waals surface area contributed by atoms with Crippen LogP contribution in [-0.2, 0) is 0 Å². The van der Waals surface area contributed by atoms with Crippen molar-refractivity contribution in [1.82, 2.24) is 0 Å². The van der Waals surface area contributed by atoms with Crippen molar-refractivity contribution >= 4 is 12.4 Å². The second-order valence-electron chi connectivity index (χ2n) is 2.83. The van der Waals surface area contributed by atoms with Gasteiger partial charge in [0, 0.05) is 18.9 Å². The van der Waals surface area contributed by atoms with Crippen LogP contribution in [0.4, 0.5) is 8.78 Å². The van der Waals surface area contributed by atoms with E-state index in [1.165, 1.54) is 0 Å². The van der Waals surface area contributed by atoms with E-state index >= 15 is 0 Å². The van der Waals surface area contributed by atoms with Gasteiger partial charge in [-0.1, -0.05) is 0 Å². The Morgan fingerprint density at radius 1 is 1.45 bits per heavy atom. The molecule has 1 aliphatic carbocycles. The maximum absolute atomic E-state index is 12.4. The van der Waals surface area contributed by atoms with E-state index in [1.807, 2.05) is 0 Å². The van der Waals surface area contributed by atoms with Crippen molar-refractivity contribution < 1.29 is 13.9 Å². The molecule has 0 amide bonds. The Bertz CT molecular complexity index is 134. The second-order valence-corrected chi connectivity index (χ2v) is 2.83. The Kier molecular flexibility index (Phi) is 3.67. The first-order valence-electron chi connectivity index (χ1n) is 3.33. The lowest BCUT2D eigenvalue weighted by atomic mass is 9.90. The van der Waals surface area contributed by atoms with E-state index in [4.69, 9.17) is 10.8 Å². The summed E-state index contributed by atoms with van der Waals surface area (Å²) in [5.74, 6) is -2.65. The molecule has 0 spiro atoms. The molecule has 1 saturated carbocycles. The van der Waals surface area contributed by atoms with Gasteiger partial charge in [-0.05, 0) is 6.42 Å². The van der Waals surface area contributed by atoms with Gasteiger partial charge in [0.1, 0.15) is 0 Å². The zero-order chi connectivity index (χ0) is 7.78. The van der Waals surface area contributed by atoms with Crippen LogP contribution < -0.4 is 5.73 Å². The molecule has 0 saturated heterocycles. The molecule has 2 atom stereocenters. The third-order valence-corrected chi connectivity index (χ3v) is 1.83. The number of hydrogen-bond acceptors (Lipinski definition) is 2. The summed E-state index contributed by atoms with van der Waals surface area (Å²) >= 11 is 0. The zero-order valence-corrected chi connectivity index (χ0v) is 6.78. The minimum Gasteiger partial charge on any atom is -0.392 e. The molecule has 0 heterocycles. The number of alkyl halides is 2. The highest BCUT2D eigenvalue weighted by Crippen LogP contribution is 2.32. The summed E-state index contributed by atoms with van der Waals surface area (Å²) in [6.07, 6.45) is -1.23. The lowest BCUT2D eigenvalue weighted by Crippen LogP contribution is -2.44. The average molecular weight is 188 g/mol. The minimum absolute atomic E-state index is 0. The molecule has 0 aliphatic heterocycles. The van der Waals surface area contributed by atoms with Gasteiger partial charge in [-0.15, -0.1) is 12.4 Å². The summed E-state index contributed by atoms with van der Waals surface area (Å²) < 4.78 is 24.9. The van der Waals surface area contributed by atoms with Crippen LogP contribution >= 0.6 is 12.4 Å². The molecule has 0 aromatic rings. The van der Waals surface area contributed by atoms with Crippen molar-refractivity contribution in [2.75, 3.05) is 0 Å². The Morgan fingerprint density at radius 3 is 2.36 bits per heavy atom. The second kappa shape index (κ2) is 3.65. The molecule has 0 radical (unpaired) electrons. The van der Waals surface area contributed by atoms with Crippen LogP contribution in [0, 0.1) is 0 Å². The number of rotatable bonds is 0. The van der Waals surface area contributed by atoms with Crippen molar-refractivity contribution in [3.8, 4) is 0 Å². The normalized spacial score (nSPS) is 36.0. The van der Waals surface area contributed by atoms with E-state index in [0.717, 1.165) is 0 Å². The maximum Gasteiger partial charge on any atom is 0.249 e. The van der Waals surface area contributed by atoms with Crippen LogP contribution in [0.2, 0.25) is 0 Å². The van der Waals surface area contributed by atoms with Gasteiger partial charge in [0.15, 0.2) is 0 Å². The first-order valence-corrected chi connectivity index (χ1v) is 3.33. The number of aliphatic hydroxyl groups is 1. The van der Waals surface area contributed by atoms with Gasteiger partial charge >= 0.3 is 0 Å². The molecule has 1 fully saturated rings. The fourth-order valence-electron chi connectivity index (χ4n) is 1.16. The SMILES string of the molecule is Cl.N[C@H]1CC(F)(F)CC[C@@H]1O. The fraction of sp³-hybridized carbons (Fsp3) is 1.00. The average Bonchev–Trinajstić information content (AvgIpc) is 1.79. The first-order chi connectivity index (χ1) is 4.51. The molecule has 68 valence electrons. The molecular formula is C6H12ClF2NO. The molecule has 0 aromatic carbocycles. The number of hydrogen-bond donors (Lipinski definition) is 2. The van der Waals surface area contributed by atoms with Gasteiger partial charge in [-0.2, -0.15) is 0 Å². The van der Waals surface area contributed by atoms with Crippen molar-refractivity contribution in [3.05, 3.63) is 0 Å². The van der Waals surface area contributed by atoms with E-state index in [-0.39, 0.29) is 31.7 Å².